The molecular weight excluding hydrogens is 592 g/mol. The number of rotatable bonds is 6. The molecule has 38 heavy (non-hydrogen) atoms. The predicted octanol–water partition coefficient (Wildman–Crippen LogP) is 4.18. The molecule has 0 aromatic heterocycles. The first-order valence-corrected chi connectivity index (χ1v) is 12.4. The maximum Gasteiger partial charge on any atom is 0.231 e. The molecule has 0 spiro atoms. The van der Waals surface area contributed by atoms with Crippen LogP contribution in [0, 0.1) is 0 Å². The monoisotopic (exact) mass is 633 g/mol. The Hall–Kier alpha value is -0.710. The molecule has 0 saturated carbocycles. The van der Waals surface area contributed by atoms with Crippen molar-refractivity contribution in [2.75, 3.05) is 59.2 Å². The molecule has 0 bridgehead atoms. The van der Waals surface area contributed by atoms with Gasteiger partial charge in [-0.25, -0.2) is 0 Å². The van der Waals surface area contributed by atoms with Crippen LogP contribution in [0.2, 0.25) is 0 Å². The average molecular weight is 636 g/mol. The molecule has 0 atom stereocenters. The minimum atomic E-state index is 0. The second-order valence-corrected chi connectivity index (χ2v) is 8.84. The molecule has 2 aliphatic heterocycles. The van der Waals surface area contributed by atoms with E-state index >= 15 is 0 Å². The fourth-order valence-electron chi connectivity index (χ4n) is 4.25. The molecule has 0 radical (unpaired) electrons. The van der Waals surface area contributed by atoms with E-state index in [-0.39, 0.29) is 62.0 Å². The molecular formula is C26H44Cl5N5O2. The van der Waals surface area contributed by atoms with Crippen LogP contribution >= 0.6 is 62.0 Å². The lowest BCUT2D eigenvalue weighted by Gasteiger charge is -2.23. The van der Waals surface area contributed by atoms with Gasteiger partial charge in [-0.15, -0.1) is 62.0 Å². The number of hydrogen-bond donors (Lipinski definition) is 4. The molecule has 4 N–H and O–H groups in total. The Morgan fingerprint density at radius 2 is 1.18 bits per heavy atom. The molecule has 1 fully saturated rings. The Labute approximate surface area is 259 Å². The van der Waals surface area contributed by atoms with Gasteiger partial charge in [-0.2, -0.15) is 0 Å². The third-order valence-corrected chi connectivity index (χ3v) is 6.14. The Balaban J connectivity index is 0. The molecule has 0 amide bonds. The fourth-order valence-corrected chi connectivity index (χ4v) is 4.25. The van der Waals surface area contributed by atoms with Crippen molar-refractivity contribution in [1.82, 2.24) is 26.2 Å². The maximum atomic E-state index is 5.47. The zero-order valence-corrected chi connectivity index (χ0v) is 25.8. The summed E-state index contributed by atoms with van der Waals surface area (Å²) in [5.74, 6) is 1.68. The van der Waals surface area contributed by atoms with Crippen LogP contribution in [0.25, 0.3) is 0 Å². The Morgan fingerprint density at radius 3 is 1.92 bits per heavy atom. The SMILES string of the molecule is Cl.Cl.Cl.Cl.Cl.c1cc(CN2CCCNCCNCCCNCC2)ccc1CNCc1ccc2c(c1)OCO2. The summed E-state index contributed by atoms with van der Waals surface area (Å²) in [5, 5.41) is 14.2. The van der Waals surface area contributed by atoms with E-state index in [1.165, 1.54) is 29.5 Å². The molecule has 0 unspecified atom stereocenters. The van der Waals surface area contributed by atoms with E-state index in [0.29, 0.717) is 6.79 Å². The second kappa shape index (κ2) is 23.0. The summed E-state index contributed by atoms with van der Waals surface area (Å²) in [6, 6.07) is 15.2. The number of halogens is 5. The highest BCUT2D eigenvalue weighted by Crippen LogP contribution is 2.32. The van der Waals surface area contributed by atoms with Crippen LogP contribution in [0.5, 0.6) is 11.5 Å². The summed E-state index contributed by atoms with van der Waals surface area (Å²) in [4.78, 5) is 2.57. The summed E-state index contributed by atoms with van der Waals surface area (Å²) >= 11 is 0. The van der Waals surface area contributed by atoms with Crippen molar-refractivity contribution in [3.8, 4) is 11.5 Å². The van der Waals surface area contributed by atoms with Crippen LogP contribution < -0.4 is 30.7 Å². The van der Waals surface area contributed by atoms with Crippen LogP contribution in [0.1, 0.15) is 29.5 Å². The summed E-state index contributed by atoms with van der Waals surface area (Å²) in [7, 11) is 0. The summed E-state index contributed by atoms with van der Waals surface area (Å²) in [5.41, 5.74) is 3.89. The van der Waals surface area contributed by atoms with Gasteiger partial charge < -0.3 is 30.7 Å². The lowest BCUT2D eigenvalue weighted by Crippen LogP contribution is -2.36. The number of fused-ring (bicyclic) bond motifs is 1. The molecule has 1 saturated heterocycles. The van der Waals surface area contributed by atoms with E-state index in [2.05, 4.69) is 62.6 Å². The van der Waals surface area contributed by atoms with E-state index in [1.54, 1.807) is 0 Å². The minimum Gasteiger partial charge on any atom is -0.454 e. The number of hydrogen-bond acceptors (Lipinski definition) is 7. The molecule has 2 heterocycles. The first-order valence-electron chi connectivity index (χ1n) is 12.4. The largest absolute Gasteiger partial charge is 0.454 e. The minimum absolute atomic E-state index is 0. The van der Waals surface area contributed by atoms with Crippen LogP contribution in [0.4, 0.5) is 0 Å². The highest BCUT2D eigenvalue weighted by molar-refractivity contribution is 5.86. The molecule has 4 rings (SSSR count). The van der Waals surface area contributed by atoms with Crippen molar-refractivity contribution in [3.63, 3.8) is 0 Å². The van der Waals surface area contributed by atoms with E-state index in [9.17, 15) is 0 Å². The van der Waals surface area contributed by atoms with Gasteiger partial charge in [-0.05, 0) is 67.8 Å². The lowest BCUT2D eigenvalue weighted by molar-refractivity contribution is 0.174. The van der Waals surface area contributed by atoms with Crippen LogP contribution in [0.3, 0.4) is 0 Å². The molecule has 12 heteroatoms. The van der Waals surface area contributed by atoms with Crippen molar-refractivity contribution < 1.29 is 9.47 Å². The molecule has 2 aromatic rings. The van der Waals surface area contributed by atoms with Gasteiger partial charge >= 0.3 is 0 Å². The van der Waals surface area contributed by atoms with Crippen molar-refractivity contribution in [2.24, 2.45) is 0 Å². The number of nitrogens with one attached hydrogen (secondary N) is 4. The predicted molar refractivity (Wildman–Crippen MR) is 169 cm³/mol. The van der Waals surface area contributed by atoms with Gasteiger partial charge in [0.25, 0.3) is 0 Å². The van der Waals surface area contributed by atoms with E-state index < -0.39 is 0 Å². The van der Waals surface area contributed by atoms with E-state index in [4.69, 9.17) is 9.47 Å². The summed E-state index contributed by atoms with van der Waals surface area (Å²) in [6.07, 6.45) is 2.37. The quantitative estimate of drug-likeness (QED) is 0.380. The second-order valence-electron chi connectivity index (χ2n) is 8.84. The Bertz CT molecular complexity index is 837. The average Bonchev–Trinajstić information content (AvgIpc) is 3.30. The number of nitrogens with zero attached hydrogens (tertiary/aromatic N) is 1. The first kappa shape index (κ1) is 39.4. The third-order valence-electron chi connectivity index (χ3n) is 6.14. The topological polar surface area (TPSA) is 69.8 Å². The smallest absolute Gasteiger partial charge is 0.231 e. The van der Waals surface area contributed by atoms with Gasteiger partial charge in [0.05, 0.1) is 0 Å². The van der Waals surface area contributed by atoms with Gasteiger partial charge in [0.2, 0.25) is 6.79 Å². The standard InChI is InChI=1S/C26H39N5O2.5ClH/c1-9-27-12-13-28-11-2-15-31(16-14-29-10-1)20-23-5-3-22(4-6-23)18-30-19-24-7-8-25-26(17-24)33-21-32-25;;;;;/h3-8,17,27-30H,1-2,9-16,18-21H2;5*1H. The first-order chi connectivity index (χ1) is 16.4. The Kier molecular flexibility index (Phi) is 23.9. The van der Waals surface area contributed by atoms with Gasteiger partial charge in [-0.1, -0.05) is 30.3 Å². The maximum absolute atomic E-state index is 5.47. The number of ether oxygens (including phenoxy) is 2. The molecule has 2 aromatic carbocycles. The lowest BCUT2D eigenvalue weighted by atomic mass is 10.1. The molecule has 2 aliphatic rings. The Morgan fingerprint density at radius 1 is 0.605 bits per heavy atom. The van der Waals surface area contributed by atoms with E-state index in [1.807, 2.05) is 6.07 Å². The number of benzene rings is 2. The normalized spacial score (nSPS) is 16.2. The third kappa shape index (κ3) is 14.1. The van der Waals surface area contributed by atoms with Gasteiger partial charge in [0, 0.05) is 45.8 Å². The zero-order chi connectivity index (χ0) is 22.6. The van der Waals surface area contributed by atoms with Crippen LogP contribution in [-0.4, -0.2) is 64.1 Å². The fraction of sp³-hybridized carbons (Fsp3) is 0.538. The summed E-state index contributed by atoms with van der Waals surface area (Å²) < 4.78 is 10.8. The zero-order valence-electron chi connectivity index (χ0n) is 21.7. The summed E-state index contributed by atoms with van der Waals surface area (Å²) in [6.45, 7) is 11.6. The van der Waals surface area contributed by atoms with E-state index in [0.717, 1.165) is 83.5 Å². The molecule has 0 aliphatic carbocycles. The van der Waals surface area contributed by atoms with Crippen molar-refractivity contribution in [1.29, 1.82) is 0 Å². The highest BCUT2D eigenvalue weighted by atomic mass is 35.5. The molecule has 7 nitrogen and oxygen atoms in total. The van der Waals surface area contributed by atoms with Gasteiger partial charge in [0.1, 0.15) is 0 Å². The van der Waals surface area contributed by atoms with Crippen molar-refractivity contribution in [3.05, 3.63) is 59.2 Å². The van der Waals surface area contributed by atoms with Gasteiger partial charge in [-0.3, -0.25) is 4.90 Å². The van der Waals surface area contributed by atoms with Crippen molar-refractivity contribution >= 4 is 62.0 Å². The van der Waals surface area contributed by atoms with Crippen LogP contribution in [-0.2, 0) is 19.6 Å². The molecule has 220 valence electrons. The van der Waals surface area contributed by atoms with Gasteiger partial charge in [0.15, 0.2) is 11.5 Å². The van der Waals surface area contributed by atoms with Crippen LogP contribution in [0.15, 0.2) is 42.5 Å². The van der Waals surface area contributed by atoms with Crippen molar-refractivity contribution in [2.45, 2.75) is 32.5 Å². The highest BCUT2D eigenvalue weighted by Gasteiger charge is 2.13.